The van der Waals surface area contributed by atoms with Crippen LogP contribution in [0.5, 0.6) is 0 Å². The maximum atomic E-state index is 6.18. The molecule has 0 amide bonds. The fourth-order valence-electron chi connectivity index (χ4n) is 3.97. The third-order valence-corrected chi connectivity index (χ3v) is 5.80. The molecule has 2 aliphatic rings. The Bertz CT molecular complexity index is 768. The molecule has 0 N–H and O–H groups in total. The van der Waals surface area contributed by atoms with Gasteiger partial charge in [0.15, 0.2) is 5.82 Å². The highest BCUT2D eigenvalue weighted by Gasteiger charge is 2.30. The van der Waals surface area contributed by atoms with Crippen molar-refractivity contribution in [2.45, 2.75) is 77.3 Å². The number of benzene rings is 1. The number of nitrogens with zero attached hydrogens (tertiary/aromatic N) is 3. The highest BCUT2D eigenvalue weighted by Crippen LogP contribution is 2.36. The van der Waals surface area contributed by atoms with Gasteiger partial charge in [-0.25, -0.2) is 0 Å². The van der Waals surface area contributed by atoms with E-state index in [1.165, 1.54) is 0 Å². The van der Waals surface area contributed by atoms with Gasteiger partial charge in [0.1, 0.15) is 12.4 Å². The summed E-state index contributed by atoms with van der Waals surface area (Å²) < 4.78 is 14.1. The molecule has 1 aromatic carbocycles. The first-order valence-electron chi connectivity index (χ1n) is 9.62. The molecule has 0 radical (unpaired) electrons. The summed E-state index contributed by atoms with van der Waals surface area (Å²) in [6.45, 7) is 5.36. The van der Waals surface area contributed by atoms with Gasteiger partial charge in [-0.05, 0) is 57.2 Å². The van der Waals surface area contributed by atoms with Crippen LogP contribution in [0.4, 0.5) is 0 Å². The SMILES string of the molecule is CCC(C)O[C@H]1CC[C@H](c2nnc3n2-c2ccc(Cl)cc2COC3)CC1. The van der Waals surface area contributed by atoms with E-state index >= 15 is 0 Å². The highest BCUT2D eigenvalue weighted by atomic mass is 35.5. The van der Waals surface area contributed by atoms with Crippen LogP contribution in [0.25, 0.3) is 5.69 Å². The molecule has 1 aromatic heterocycles. The number of halogens is 1. The molecular weight excluding hydrogens is 350 g/mol. The van der Waals surface area contributed by atoms with Gasteiger partial charge >= 0.3 is 0 Å². The van der Waals surface area contributed by atoms with E-state index in [2.05, 4.69) is 34.7 Å². The van der Waals surface area contributed by atoms with Gasteiger partial charge in [0.25, 0.3) is 0 Å². The van der Waals surface area contributed by atoms with E-state index in [0.717, 1.165) is 60.0 Å². The summed E-state index contributed by atoms with van der Waals surface area (Å²) in [6.07, 6.45) is 6.13. The molecule has 5 nitrogen and oxygen atoms in total. The average molecular weight is 376 g/mol. The van der Waals surface area contributed by atoms with Crippen LogP contribution in [0.15, 0.2) is 18.2 Å². The first-order chi connectivity index (χ1) is 12.7. The Labute approximate surface area is 159 Å². The lowest BCUT2D eigenvalue weighted by atomic mass is 9.86. The van der Waals surface area contributed by atoms with Crippen LogP contribution < -0.4 is 0 Å². The quantitative estimate of drug-likeness (QED) is 0.770. The molecule has 26 heavy (non-hydrogen) atoms. The predicted octanol–water partition coefficient (Wildman–Crippen LogP) is 4.79. The standard InChI is InChI=1S/C20H26ClN3O2/c1-3-13(2)26-17-7-4-14(5-8-17)20-23-22-19-12-25-11-15-10-16(21)6-9-18(15)24(19)20/h6,9-10,13-14,17H,3-5,7-8,11-12H2,1-2H3/t13?,14-,17-. The van der Waals surface area contributed by atoms with E-state index in [1.54, 1.807) is 0 Å². The van der Waals surface area contributed by atoms with Crippen molar-refractivity contribution in [1.29, 1.82) is 0 Å². The Morgan fingerprint density at radius 3 is 2.81 bits per heavy atom. The molecule has 6 heteroatoms. The first kappa shape index (κ1) is 18.0. The molecule has 1 aliphatic heterocycles. The molecule has 1 unspecified atom stereocenters. The molecule has 1 saturated carbocycles. The van der Waals surface area contributed by atoms with Crippen molar-refractivity contribution in [3.05, 3.63) is 40.4 Å². The van der Waals surface area contributed by atoms with Gasteiger partial charge in [-0.15, -0.1) is 10.2 Å². The summed E-state index contributed by atoms with van der Waals surface area (Å²) >= 11 is 6.18. The summed E-state index contributed by atoms with van der Waals surface area (Å²) in [7, 11) is 0. The van der Waals surface area contributed by atoms with Crippen molar-refractivity contribution < 1.29 is 9.47 Å². The predicted molar refractivity (Wildman–Crippen MR) is 101 cm³/mol. The van der Waals surface area contributed by atoms with Crippen LogP contribution in [0.1, 0.15) is 69.1 Å². The van der Waals surface area contributed by atoms with Crippen molar-refractivity contribution in [3.63, 3.8) is 0 Å². The zero-order valence-corrected chi connectivity index (χ0v) is 16.2. The van der Waals surface area contributed by atoms with E-state index in [0.29, 0.717) is 31.3 Å². The Kier molecular flexibility index (Phi) is 5.30. The molecule has 0 bridgehead atoms. The van der Waals surface area contributed by atoms with Crippen LogP contribution in [0.3, 0.4) is 0 Å². The number of hydrogen-bond acceptors (Lipinski definition) is 4. The van der Waals surface area contributed by atoms with E-state index in [4.69, 9.17) is 21.1 Å². The Morgan fingerprint density at radius 2 is 2.04 bits per heavy atom. The fraction of sp³-hybridized carbons (Fsp3) is 0.600. The number of rotatable bonds is 4. The first-order valence-corrected chi connectivity index (χ1v) is 9.99. The van der Waals surface area contributed by atoms with Crippen molar-refractivity contribution >= 4 is 11.6 Å². The average Bonchev–Trinajstić information content (AvgIpc) is 2.98. The Hall–Kier alpha value is -1.43. The summed E-state index contributed by atoms with van der Waals surface area (Å²) in [5.41, 5.74) is 2.19. The molecule has 4 rings (SSSR count). The summed E-state index contributed by atoms with van der Waals surface area (Å²) in [5.74, 6) is 2.34. The van der Waals surface area contributed by atoms with Crippen molar-refractivity contribution in [3.8, 4) is 5.69 Å². The maximum Gasteiger partial charge on any atom is 0.163 e. The summed E-state index contributed by atoms with van der Waals surface area (Å²) in [5, 5.41) is 9.69. The van der Waals surface area contributed by atoms with Crippen molar-refractivity contribution in [2.24, 2.45) is 0 Å². The van der Waals surface area contributed by atoms with Crippen LogP contribution in [-0.2, 0) is 22.7 Å². The lowest BCUT2D eigenvalue weighted by Gasteiger charge is -2.30. The van der Waals surface area contributed by atoms with Gasteiger partial charge in [-0.2, -0.15) is 0 Å². The van der Waals surface area contributed by atoms with Crippen molar-refractivity contribution in [2.75, 3.05) is 0 Å². The van der Waals surface area contributed by atoms with Gasteiger partial charge < -0.3 is 9.47 Å². The molecule has 0 saturated heterocycles. The van der Waals surface area contributed by atoms with E-state index in [-0.39, 0.29) is 0 Å². The van der Waals surface area contributed by atoms with Gasteiger partial charge in [-0.3, -0.25) is 4.57 Å². The van der Waals surface area contributed by atoms with Crippen LogP contribution in [0.2, 0.25) is 5.02 Å². The normalized spacial score (nSPS) is 23.8. The van der Waals surface area contributed by atoms with Gasteiger partial charge in [0, 0.05) is 16.5 Å². The Morgan fingerprint density at radius 1 is 1.23 bits per heavy atom. The molecule has 1 aliphatic carbocycles. The minimum absolute atomic E-state index is 0.342. The van der Waals surface area contributed by atoms with E-state index < -0.39 is 0 Å². The molecule has 0 spiro atoms. The second-order valence-corrected chi connectivity index (χ2v) is 7.84. The van der Waals surface area contributed by atoms with Crippen molar-refractivity contribution in [1.82, 2.24) is 14.8 Å². The molecule has 140 valence electrons. The second kappa shape index (κ2) is 7.67. The second-order valence-electron chi connectivity index (χ2n) is 7.40. The Balaban J connectivity index is 1.57. The molecule has 1 atom stereocenters. The van der Waals surface area contributed by atoms with Gasteiger partial charge in [0.05, 0.1) is 24.5 Å². The maximum absolute atomic E-state index is 6.18. The third-order valence-electron chi connectivity index (χ3n) is 5.57. The van der Waals surface area contributed by atoms with Crippen LogP contribution in [-0.4, -0.2) is 27.0 Å². The highest BCUT2D eigenvalue weighted by molar-refractivity contribution is 6.30. The monoisotopic (exact) mass is 375 g/mol. The zero-order chi connectivity index (χ0) is 18.1. The fourth-order valence-corrected chi connectivity index (χ4v) is 4.17. The third kappa shape index (κ3) is 3.53. The summed E-state index contributed by atoms with van der Waals surface area (Å²) in [4.78, 5) is 0. The van der Waals surface area contributed by atoms with Crippen LogP contribution in [0, 0.1) is 0 Å². The van der Waals surface area contributed by atoms with E-state index in [9.17, 15) is 0 Å². The minimum Gasteiger partial charge on any atom is -0.375 e. The van der Waals surface area contributed by atoms with Gasteiger partial charge in [0.2, 0.25) is 0 Å². The molecular formula is C20H26ClN3O2. The van der Waals surface area contributed by atoms with E-state index in [1.807, 2.05) is 12.1 Å². The topological polar surface area (TPSA) is 49.2 Å². The zero-order valence-electron chi connectivity index (χ0n) is 15.4. The minimum atomic E-state index is 0.342. The number of hydrogen-bond donors (Lipinski definition) is 0. The molecule has 1 fully saturated rings. The molecule has 2 aromatic rings. The molecule has 2 heterocycles. The lowest BCUT2D eigenvalue weighted by Crippen LogP contribution is -2.25. The van der Waals surface area contributed by atoms with Crippen LogP contribution >= 0.6 is 11.6 Å². The number of aromatic nitrogens is 3. The smallest absolute Gasteiger partial charge is 0.163 e. The number of fused-ring (bicyclic) bond motifs is 3. The summed E-state index contributed by atoms with van der Waals surface area (Å²) in [6, 6.07) is 5.96. The van der Waals surface area contributed by atoms with Gasteiger partial charge in [-0.1, -0.05) is 18.5 Å². The largest absolute Gasteiger partial charge is 0.375 e. The number of ether oxygens (including phenoxy) is 2. The lowest BCUT2D eigenvalue weighted by molar-refractivity contribution is -0.0251.